The number of morpholine rings is 1. The fourth-order valence-corrected chi connectivity index (χ4v) is 2.93. The van der Waals surface area contributed by atoms with Gasteiger partial charge >= 0.3 is 0 Å². The number of benzene rings is 1. The Balaban J connectivity index is 1.46. The van der Waals surface area contributed by atoms with Crippen LogP contribution in [-0.2, 0) is 14.3 Å². The molecule has 1 unspecified atom stereocenters. The summed E-state index contributed by atoms with van der Waals surface area (Å²) in [7, 11) is 0. The van der Waals surface area contributed by atoms with Gasteiger partial charge in [-0.2, -0.15) is 0 Å². The van der Waals surface area contributed by atoms with Gasteiger partial charge in [-0.25, -0.2) is 0 Å². The van der Waals surface area contributed by atoms with Crippen LogP contribution in [0.5, 0.6) is 0 Å². The average Bonchev–Trinajstić information content (AvgIpc) is 2.56. The van der Waals surface area contributed by atoms with Crippen molar-refractivity contribution in [1.82, 2.24) is 10.2 Å². The lowest BCUT2D eigenvalue weighted by Gasteiger charge is -2.31. The summed E-state index contributed by atoms with van der Waals surface area (Å²) in [6, 6.07) is 7.24. The van der Waals surface area contributed by atoms with Gasteiger partial charge in [-0.15, -0.1) is 0 Å². The lowest BCUT2D eigenvalue weighted by atomic mass is 9.88. The van der Waals surface area contributed by atoms with Crippen LogP contribution < -0.4 is 16.0 Å². The molecule has 0 spiro atoms. The molecule has 7 nitrogen and oxygen atoms in total. The van der Waals surface area contributed by atoms with Crippen molar-refractivity contribution in [3.63, 3.8) is 0 Å². The van der Waals surface area contributed by atoms with E-state index in [4.69, 9.17) is 4.74 Å². The second-order valence-corrected chi connectivity index (χ2v) is 6.71. The number of nitrogens with one attached hydrogen (secondary N) is 3. The number of ether oxygens (including phenoxy) is 1. The molecule has 3 N–H and O–H groups in total. The lowest BCUT2D eigenvalue weighted by Crippen LogP contribution is -2.48. The van der Waals surface area contributed by atoms with Gasteiger partial charge in [0.15, 0.2) is 0 Å². The molecule has 136 valence electrons. The Morgan fingerprint density at radius 2 is 1.76 bits per heavy atom. The van der Waals surface area contributed by atoms with Gasteiger partial charge in [0.05, 0.1) is 19.8 Å². The largest absolute Gasteiger partial charge is 0.379 e. The summed E-state index contributed by atoms with van der Waals surface area (Å²) in [4.78, 5) is 26.4. The number of amides is 2. The molecule has 0 aromatic heterocycles. The second kappa shape index (κ2) is 8.42. The molecular weight excluding hydrogens is 320 g/mol. The first-order valence-corrected chi connectivity index (χ1v) is 8.83. The molecule has 2 aliphatic heterocycles. The Bertz CT molecular complexity index is 595. The molecule has 0 radical (unpaired) electrons. The SMILES string of the molecule is CC(C(=O)Nc1ccc(NC(=O)CN2CCOCC2)cc1)C1CNC1. The fourth-order valence-electron chi connectivity index (χ4n) is 2.93. The Morgan fingerprint density at radius 3 is 2.32 bits per heavy atom. The van der Waals surface area contributed by atoms with Crippen molar-refractivity contribution >= 4 is 23.2 Å². The number of nitrogens with zero attached hydrogens (tertiary/aromatic N) is 1. The topological polar surface area (TPSA) is 82.7 Å². The summed E-state index contributed by atoms with van der Waals surface area (Å²) >= 11 is 0. The van der Waals surface area contributed by atoms with Gasteiger partial charge in [0.2, 0.25) is 11.8 Å². The summed E-state index contributed by atoms with van der Waals surface area (Å²) in [5, 5.41) is 9.01. The molecule has 2 heterocycles. The van der Waals surface area contributed by atoms with E-state index in [1.165, 1.54) is 0 Å². The monoisotopic (exact) mass is 346 g/mol. The van der Waals surface area contributed by atoms with E-state index < -0.39 is 0 Å². The van der Waals surface area contributed by atoms with Crippen molar-refractivity contribution < 1.29 is 14.3 Å². The highest BCUT2D eigenvalue weighted by Crippen LogP contribution is 2.19. The Labute approximate surface area is 148 Å². The predicted octanol–water partition coefficient (Wildman–Crippen LogP) is 0.751. The van der Waals surface area contributed by atoms with Gasteiger partial charge in [0.25, 0.3) is 0 Å². The number of rotatable bonds is 6. The summed E-state index contributed by atoms with van der Waals surface area (Å²) < 4.78 is 5.28. The van der Waals surface area contributed by atoms with Crippen molar-refractivity contribution in [3.8, 4) is 0 Å². The third kappa shape index (κ3) is 5.01. The van der Waals surface area contributed by atoms with Crippen molar-refractivity contribution in [2.75, 3.05) is 56.6 Å². The minimum absolute atomic E-state index is 0.00542. The standard InChI is InChI=1S/C18H26N4O3/c1-13(14-10-19-11-14)18(24)21-16-4-2-15(3-5-16)20-17(23)12-22-6-8-25-9-7-22/h2-5,13-14,19H,6-12H2,1H3,(H,20,23)(H,21,24). The Hall–Kier alpha value is -1.96. The molecule has 1 aromatic carbocycles. The van der Waals surface area contributed by atoms with Crippen LogP contribution in [0.3, 0.4) is 0 Å². The summed E-state index contributed by atoms with van der Waals surface area (Å²) in [6.45, 7) is 7.06. The predicted molar refractivity (Wildman–Crippen MR) is 96.5 cm³/mol. The van der Waals surface area contributed by atoms with Gasteiger partial charge in [-0.1, -0.05) is 6.92 Å². The molecular formula is C18H26N4O3. The first kappa shape index (κ1) is 17.8. The molecule has 1 atom stereocenters. The molecule has 1 aromatic rings. The van der Waals surface area contributed by atoms with E-state index in [1.54, 1.807) is 0 Å². The number of anilines is 2. The van der Waals surface area contributed by atoms with Gasteiger partial charge in [0, 0.05) is 30.4 Å². The molecule has 25 heavy (non-hydrogen) atoms. The zero-order valence-corrected chi connectivity index (χ0v) is 14.6. The van der Waals surface area contributed by atoms with Crippen LogP contribution in [0.1, 0.15) is 6.92 Å². The highest BCUT2D eigenvalue weighted by atomic mass is 16.5. The molecule has 2 aliphatic rings. The zero-order chi connectivity index (χ0) is 17.6. The quantitative estimate of drug-likeness (QED) is 0.708. The van der Waals surface area contributed by atoms with Crippen LogP contribution >= 0.6 is 0 Å². The molecule has 2 amide bonds. The summed E-state index contributed by atoms with van der Waals surface area (Å²) in [6.07, 6.45) is 0. The van der Waals surface area contributed by atoms with Gasteiger partial charge < -0.3 is 20.7 Å². The third-order valence-corrected chi connectivity index (χ3v) is 4.84. The van der Waals surface area contributed by atoms with E-state index in [0.717, 1.165) is 37.6 Å². The maximum Gasteiger partial charge on any atom is 0.238 e. The van der Waals surface area contributed by atoms with Crippen molar-refractivity contribution in [2.24, 2.45) is 11.8 Å². The lowest BCUT2D eigenvalue weighted by molar-refractivity contribution is -0.121. The van der Waals surface area contributed by atoms with Crippen molar-refractivity contribution in [2.45, 2.75) is 6.92 Å². The molecule has 0 aliphatic carbocycles. The molecule has 0 bridgehead atoms. The first-order valence-electron chi connectivity index (χ1n) is 8.83. The van der Waals surface area contributed by atoms with E-state index in [2.05, 4.69) is 20.9 Å². The van der Waals surface area contributed by atoms with E-state index in [0.29, 0.717) is 25.7 Å². The molecule has 2 saturated heterocycles. The maximum absolute atomic E-state index is 12.2. The molecule has 7 heteroatoms. The van der Waals surface area contributed by atoms with Crippen LogP contribution in [0.15, 0.2) is 24.3 Å². The van der Waals surface area contributed by atoms with Crippen LogP contribution in [0.25, 0.3) is 0 Å². The van der Waals surface area contributed by atoms with Gasteiger partial charge in [-0.3, -0.25) is 14.5 Å². The number of carbonyl (C=O) groups is 2. The fraction of sp³-hybridized carbons (Fsp3) is 0.556. The van der Waals surface area contributed by atoms with E-state index in [-0.39, 0.29) is 17.7 Å². The van der Waals surface area contributed by atoms with Gasteiger partial charge in [-0.05, 0) is 43.3 Å². The van der Waals surface area contributed by atoms with E-state index in [9.17, 15) is 9.59 Å². The minimum atomic E-state index is -0.0372. The molecule has 2 fully saturated rings. The third-order valence-electron chi connectivity index (χ3n) is 4.84. The second-order valence-electron chi connectivity index (χ2n) is 6.71. The maximum atomic E-state index is 12.2. The number of hydrogen-bond acceptors (Lipinski definition) is 5. The highest BCUT2D eigenvalue weighted by molar-refractivity contribution is 5.94. The van der Waals surface area contributed by atoms with Crippen LogP contribution in [0.2, 0.25) is 0 Å². The first-order chi connectivity index (χ1) is 12.1. The average molecular weight is 346 g/mol. The van der Waals surface area contributed by atoms with Gasteiger partial charge in [0.1, 0.15) is 0 Å². The van der Waals surface area contributed by atoms with Crippen molar-refractivity contribution in [1.29, 1.82) is 0 Å². The van der Waals surface area contributed by atoms with Crippen LogP contribution in [0, 0.1) is 11.8 Å². The van der Waals surface area contributed by atoms with Crippen LogP contribution in [-0.4, -0.2) is 62.7 Å². The molecule has 0 saturated carbocycles. The Morgan fingerprint density at radius 1 is 1.16 bits per heavy atom. The van der Waals surface area contributed by atoms with Crippen LogP contribution in [0.4, 0.5) is 11.4 Å². The van der Waals surface area contributed by atoms with E-state index in [1.807, 2.05) is 31.2 Å². The van der Waals surface area contributed by atoms with Crippen molar-refractivity contribution in [3.05, 3.63) is 24.3 Å². The number of carbonyl (C=O) groups excluding carboxylic acids is 2. The smallest absolute Gasteiger partial charge is 0.238 e. The van der Waals surface area contributed by atoms with E-state index >= 15 is 0 Å². The zero-order valence-electron chi connectivity index (χ0n) is 14.6. The number of hydrogen-bond donors (Lipinski definition) is 3. The Kier molecular flexibility index (Phi) is 6.01. The normalized spacial score (nSPS) is 19.7. The highest BCUT2D eigenvalue weighted by Gasteiger charge is 2.28. The summed E-state index contributed by atoms with van der Waals surface area (Å²) in [5.41, 5.74) is 1.47. The molecule has 3 rings (SSSR count). The summed E-state index contributed by atoms with van der Waals surface area (Å²) in [5.74, 6) is 0.410. The minimum Gasteiger partial charge on any atom is -0.379 e.